The molecule has 0 amide bonds. The van der Waals surface area contributed by atoms with E-state index in [0.717, 1.165) is 15.7 Å². The lowest BCUT2D eigenvalue weighted by atomic mass is 10.4. The van der Waals surface area contributed by atoms with Crippen LogP contribution >= 0.6 is 23.1 Å². The second-order valence-corrected chi connectivity index (χ2v) is 5.39. The molecule has 3 heterocycles. The van der Waals surface area contributed by atoms with Crippen LogP contribution in [0.25, 0.3) is 4.96 Å². The highest BCUT2D eigenvalue weighted by Crippen LogP contribution is 2.31. The number of nitrogens with zero attached hydrogens (tertiary/aromatic N) is 4. The molecule has 15 heavy (non-hydrogen) atoms. The van der Waals surface area contributed by atoms with E-state index in [2.05, 4.69) is 15.3 Å². The number of carbonyl (C=O) groups excluding carboxylic acids is 1. The normalized spacial score (nSPS) is 21.1. The van der Waals surface area contributed by atoms with E-state index in [1.807, 2.05) is 0 Å². The van der Waals surface area contributed by atoms with Gasteiger partial charge in [0.2, 0.25) is 4.96 Å². The summed E-state index contributed by atoms with van der Waals surface area (Å²) in [4.78, 5) is 12.0. The standard InChI is InChI=1S/C7H6N4O2S2/c12-5-4(1-2-13-5)14-7-10-11-3-8-9-6(11)15-7/h3-4H,1-2H2. The van der Waals surface area contributed by atoms with Crippen LogP contribution in [0.5, 0.6) is 0 Å². The average Bonchev–Trinajstić information content (AvgIpc) is 2.83. The summed E-state index contributed by atoms with van der Waals surface area (Å²) in [5.74, 6) is -0.147. The van der Waals surface area contributed by atoms with Crippen molar-refractivity contribution in [1.29, 1.82) is 0 Å². The molecule has 6 nitrogen and oxygen atoms in total. The number of cyclic esters (lactones) is 1. The highest BCUT2D eigenvalue weighted by molar-refractivity contribution is 8.02. The van der Waals surface area contributed by atoms with Gasteiger partial charge in [0.05, 0.1) is 6.61 Å². The van der Waals surface area contributed by atoms with Crippen molar-refractivity contribution in [3.05, 3.63) is 6.33 Å². The quantitative estimate of drug-likeness (QED) is 0.718. The fourth-order valence-corrected chi connectivity index (χ4v) is 3.37. The topological polar surface area (TPSA) is 69.4 Å². The molecule has 1 fully saturated rings. The monoisotopic (exact) mass is 242 g/mol. The summed E-state index contributed by atoms with van der Waals surface area (Å²) in [5.41, 5.74) is 0. The summed E-state index contributed by atoms with van der Waals surface area (Å²) in [5, 5.41) is 11.7. The van der Waals surface area contributed by atoms with Gasteiger partial charge in [0.25, 0.3) is 0 Å². The van der Waals surface area contributed by atoms with Crippen LogP contribution in [-0.4, -0.2) is 37.6 Å². The number of esters is 1. The first-order chi connectivity index (χ1) is 7.33. The lowest BCUT2D eigenvalue weighted by molar-refractivity contribution is -0.137. The maximum Gasteiger partial charge on any atom is 0.319 e. The molecule has 1 aliphatic heterocycles. The van der Waals surface area contributed by atoms with Crippen LogP contribution in [0, 0.1) is 0 Å². The summed E-state index contributed by atoms with van der Waals surface area (Å²) in [6, 6.07) is 0. The van der Waals surface area contributed by atoms with Crippen LogP contribution < -0.4 is 0 Å². The fourth-order valence-electron chi connectivity index (χ4n) is 1.30. The van der Waals surface area contributed by atoms with E-state index in [4.69, 9.17) is 4.74 Å². The fraction of sp³-hybridized carbons (Fsp3) is 0.429. The number of carbonyl (C=O) groups is 1. The van der Waals surface area contributed by atoms with Crippen molar-refractivity contribution >= 4 is 34.0 Å². The largest absolute Gasteiger partial charge is 0.465 e. The van der Waals surface area contributed by atoms with Crippen molar-refractivity contribution in [2.45, 2.75) is 16.0 Å². The van der Waals surface area contributed by atoms with Crippen molar-refractivity contribution in [3.8, 4) is 0 Å². The maximum absolute atomic E-state index is 11.2. The summed E-state index contributed by atoms with van der Waals surface area (Å²) in [6.07, 6.45) is 2.30. The zero-order chi connectivity index (χ0) is 10.3. The lowest BCUT2D eigenvalue weighted by Gasteiger charge is -1.99. The van der Waals surface area contributed by atoms with E-state index in [-0.39, 0.29) is 11.2 Å². The molecule has 2 aromatic heterocycles. The molecule has 0 N–H and O–H groups in total. The first-order valence-electron chi connectivity index (χ1n) is 4.33. The van der Waals surface area contributed by atoms with E-state index >= 15 is 0 Å². The van der Waals surface area contributed by atoms with Gasteiger partial charge in [-0.05, 0) is 0 Å². The Balaban J connectivity index is 1.83. The van der Waals surface area contributed by atoms with Gasteiger partial charge in [-0.1, -0.05) is 23.1 Å². The third kappa shape index (κ3) is 1.59. The Hall–Kier alpha value is -1.15. The third-order valence-electron chi connectivity index (χ3n) is 2.00. The van der Waals surface area contributed by atoms with Gasteiger partial charge in [-0.15, -0.1) is 15.3 Å². The van der Waals surface area contributed by atoms with Gasteiger partial charge < -0.3 is 4.74 Å². The molecule has 0 aromatic carbocycles. The smallest absolute Gasteiger partial charge is 0.319 e. The summed E-state index contributed by atoms with van der Waals surface area (Å²) in [6.45, 7) is 0.514. The van der Waals surface area contributed by atoms with Crippen molar-refractivity contribution < 1.29 is 9.53 Å². The van der Waals surface area contributed by atoms with Crippen molar-refractivity contribution in [3.63, 3.8) is 0 Å². The molecule has 0 saturated carbocycles. The van der Waals surface area contributed by atoms with Crippen LogP contribution in [0.1, 0.15) is 6.42 Å². The molecule has 1 aliphatic rings. The number of ether oxygens (including phenoxy) is 1. The Morgan fingerprint density at radius 2 is 2.60 bits per heavy atom. The highest BCUT2D eigenvalue weighted by atomic mass is 32.2. The molecule has 0 bridgehead atoms. The summed E-state index contributed by atoms with van der Waals surface area (Å²) < 4.78 is 7.30. The molecule has 1 saturated heterocycles. The Bertz CT molecular complexity index is 479. The number of fused-ring (bicyclic) bond motifs is 1. The number of aromatic nitrogens is 4. The zero-order valence-electron chi connectivity index (χ0n) is 7.49. The van der Waals surface area contributed by atoms with Crippen LogP contribution in [0.4, 0.5) is 0 Å². The predicted molar refractivity (Wildman–Crippen MR) is 53.9 cm³/mol. The van der Waals surface area contributed by atoms with Gasteiger partial charge in [0, 0.05) is 6.42 Å². The molecule has 0 spiro atoms. The zero-order valence-corrected chi connectivity index (χ0v) is 9.12. The molecular formula is C7H6N4O2S2. The Morgan fingerprint density at radius 1 is 1.67 bits per heavy atom. The predicted octanol–water partition coefficient (Wildman–Crippen LogP) is 0.593. The first-order valence-corrected chi connectivity index (χ1v) is 6.03. The van der Waals surface area contributed by atoms with Crippen LogP contribution in [-0.2, 0) is 9.53 Å². The minimum atomic E-state index is -0.147. The Kier molecular flexibility index (Phi) is 2.10. The van der Waals surface area contributed by atoms with Gasteiger partial charge >= 0.3 is 5.97 Å². The van der Waals surface area contributed by atoms with Crippen molar-refractivity contribution in [2.24, 2.45) is 0 Å². The average molecular weight is 242 g/mol. The Morgan fingerprint density at radius 3 is 3.33 bits per heavy atom. The molecule has 8 heteroatoms. The van der Waals surface area contributed by atoms with E-state index in [9.17, 15) is 4.79 Å². The number of thioether (sulfide) groups is 1. The van der Waals surface area contributed by atoms with E-state index in [1.54, 1.807) is 10.8 Å². The molecule has 1 atom stereocenters. The van der Waals surface area contributed by atoms with Gasteiger partial charge in [0.15, 0.2) is 4.34 Å². The number of rotatable bonds is 2. The molecule has 78 valence electrons. The van der Waals surface area contributed by atoms with Crippen LogP contribution in [0.15, 0.2) is 10.7 Å². The molecule has 3 rings (SSSR count). The van der Waals surface area contributed by atoms with E-state index < -0.39 is 0 Å². The van der Waals surface area contributed by atoms with E-state index in [0.29, 0.717) is 6.61 Å². The summed E-state index contributed by atoms with van der Waals surface area (Å²) in [7, 11) is 0. The minimum Gasteiger partial charge on any atom is -0.465 e. The van der Waals surface area contributed by atoms with Crippen molar-refractivity contribution in [1.82, 2.24) is 19.8 Å². The molecule has 1 unspecified atom stereocenters. The highest BCUT2D eigenvalue weighted by Gasteiger charge is 2.28. The maximum atomic E-state index is 11.2. The second-order valence-electron chi connectivity index (χ2n) is 2.99. The SMILES string of the molecule is O=C1OCCC1Sc1nn2cnnc2s1. The lowest BCUT2D eigenvalue weighted by Crippen LogP contribution is -2.09. The molecule has 0 radical (unpaired) electrons. The van der Waals surface area contributed by atoms with Crippen LogP contribution in [0.2, 0.25) is 0 Å². The Labute approximate surface area is 92.6 Å². The van der Waals surface area contributed by atoms with Crippen LogP contribution in [0.3, 0.4) is 0 Å². The first kappa shape index (κ1) is 9.10. The van der Waals surface area contributed by atoms with Gasteiger partial charge in [0.1, 0.15) is 11.6 Å². The second kappa shape index (κ2) is 3.46. The minimum absolute atomic E-state index is 0.117. The summed E-state index contributed by atoms with van der Waals surface area (Å²) >= 11 is 2.86. The van der Waals surface area contributed by atoms with Crippen molar-refractivity contribution in [2.75, 3.05) is 6.61 Å². The molecule has 2 aromatic rings. The molecular weight excluding hydrogens is 236 g/mol. The number of hydrogen-bond acceptors (Lipinski definition) is 7. The number of hydrogen-bond donors (Lipinski definition) is 0. The van der Waals surface area contributed by atoms with Gasteiger partial charge in [-0.25, -0.2) is 0 Å². The van der Waals surface area contributed by atoms with Gasteiger partial charge in [-0.3, -0.25) is 4.79 Å². The molecule has 0 aliphatic carbocycles. The third-order valence-corrected chi connectivity index (χ3v) is 4.24. The van der Waals surface area contributed by atoms with Gasteiger partial charge in [-0.2, -0.15) is 4.52 Å². The van der Waals surface area contributed by atoms with E-state index in [1.165, 1.54) is 23.1 Å².